The highest BCUT2D eigenvalue weighted by Gasteiger charge is 2.29. The molecule has 2 aromatic heterocycles. The SMILES string of the molecule is COc1ccc(-c2ccc(Cl)c(C)c2)cc1-n1c2c(ccc1=O)CN(S(=O)(=O)Nc1cccnn1)CC2. The zero-order valence-electron chi connectivity index (χ0n) is 20.2. The Morgan fingerprint density at radius 3 is 2.57 bits per heavy atom. The summed E-state index contributed by atoms with van der Waals surface area (Å²) in [5.41, 5.74) is 4.62. The number of hydrogen-bond donors (Lipinski definition) is 1. The first-order valence-electron chi connectivity index (χ1n) is 11.5. The van der Waals surface area contributed by atoms with Crippen LogP contribution in [-0.4, -0.2) is 41.1 Å². The van der Waals surface area contributed by atoms with Crippen LogP contribution in [0.5, 0.6) is 5.75 Å². The van der Waals surface area contributed by atoms with Gasteiger partial charge in [0.15, 0.2) is 5.82 Å². The highest BCUT2D eigenvalue weighted by molar-refractivity contribution is 7.90. The van der Waals surface area contributed by atoms with E-state index in [-0.39, 0.29) is 24.5 Å². The van der Waals surface area contributed by atoms with E-state index in [4.69, 9.17) is 16.3 Å². The van der Waals surface area contributed by atoms with E-state index in [2.05, 4.69) is 14.9 Å². The molecule has 9 nitrogen and oxygen atoms in total. The molecule has 1 aliphatic rings. The third-order valence-electron chi connectivity index (χ3n) is 6.29. The molecule has 0 radical (unpaired) electrons. The summed E-state index contributed by atoms with van der Waals surface area (Å²) in [6, 6.07) is 17.7. The lowest BCUT2D eigenvalue weighted by Crippen LogP contribution is -2.41. The van der Waals surface area contributed by atoms with Crippen molar-refractivity contribution in [1.29, 1.82) is 0 Å². The van der Waals surface area contributed by atoms with Gasteiger partial charge in [0.25, 0.3) is 5.56 Å². The van der Waals surface area contributed by atoms with Crippen LogP contribution in [0.1, 0.15) is 16.8 Å². The summed E-state index contributed by atoms with van der Waals surface area (Å²) in [6.07, 6.45) is 1.80. The van der Waals surface area contributed by atoms with Gasteiger partial charge in [0.1, 0.15) is 5.75 Å². The Balaban J connectivity index is 1.54. The lowest BCUT2D eigenvalue weighted by Gasteiger charge is -2.30. The van der Waals surface area contributed by atoms with E-state index in [1.54, 1.807) is 23.8 Å². The maximum Gasteiger partial charge on any atom is 0.303 e. The fourth-order valence-corrected chi connectivity index (χ4v) is 5.69. The molecule has 190 valence electrons. The molecule has 5 rings (SSSR count). The number of hydrogen-bond acceptors (Lipinski definition) is 6. The van der Waals surface area contributed by atoms with Crippen LogP contribution >= 0.6 is 11.6 Å². The number of pyridine rings is 1. The van der Waals surface area contributed by atoms with Gasteiger partial charge in [0.2, 0.25) is 0 Å². The third kappa shape index (κ3) is 4.95. The predicted molar refractivity (Wildman–Crippen MR) is 142 cm³/mol. The second-order valence-electron chi connectivity index (χ2n) is 8.63. The molecule has 0 aliphatic carbocycles. The van der Waals surface area contributed by atoms with Gasteiger partial charge in [-0.2, -0.15) is 17.8 Å². The van der Waals surface area contributed by atoms with Crippen LogP contribution in [-0.2, 0) is 23.2 Å². The quantitative estimate of drug-likeness (QED) is 0.399. The van der Waals surface area contributed by atoms with Gasteiger partial charge in [-0.05, 0) is 65.6 Å². The Kier molecular flexibility index (Phi) is 6.72. The first-order valence-corrected chi connectivity index (χ1v) is 13.3. The largest absolute Gasteiger partial charge is 0.495 e. The minimum Gasteiger partial charge on any atom is -0.495 e. The number of nitrogens with one attached hydrogen (secondary N) is 1. The first kappa shape index (κ1) is 24.9. The zero-order valence-corrected chi connectivity index (χ0v) is 21.8. The normalized spacial score (nSPS) is 13.7. The smallest absolute Gasteiger partial charge is 0.303 e. The zero-order chi connectivity index (χ0) is 26.2. The molecular formula is C26H24ClN5O4S. The minimum atomic E-state index is -3.87. The predicted octanol–water partition coefficient (Wildman–Crippen LogP) is 3.98. The van der Waals surface area contributed by atoms with Crippen LogP contribution in [0.25, 0.3) is 16.8 Å². The van der Waals surface area contributed by atoms with Gasteiger partial charge in [-0.25, -0.2) is 0 Å². The third-order valence-corrected chi connectivity index (χ3v) is 8.17. The average Bonchev–Trinajstić information content (AvgIpc) is 2.90. The number of fused-ring (bicyclic) bond motifs is 1. The molecule has 0 amide bonds. The monoisotopic (exact) mass is 537 g/mol. The molecule has 0 saturated carbocycles. The van der Waals surface area contributed by atoms with E-state index in [1.165, 1.54) is 22.6 Å². The molecule has 0 saturated heterocycles. The van der Waals surface area contributed by atoms with Crippen molar-refractivity contribution in [3.63, 3.8) is 0 Å². The molecule has 37 heavy (non-hydrogen) atoms. The van der Waals surface area contributed by atoms with E-state index in [9.17, 15) is 13.2 Å². The van der Waals surface area contributed by atoms with Crippen molar-refractivity contribution in [2.24, 2.45) is 0 Å². The highest BCUT2D eigenvalue weighted by atomic mass is 35.5. The lowest BCUT2D eigenvalue weighted by molar-refractivity contribution is 0.385. The van der Waals surface area contributed by atoms with Crippen molar-refractivity contribution in [2.45, 2.75) is 19.9 Å². The van der Waals surface area contributed by atoms with Gasteiger partial charge in [-0.1, -0.05) is 29.8 Å². The van der Waals surface area contributed by atoms with Gasteiger partial charge in [0, 0.05) is 42.5 Å². The van der Waals surface area contributed by atoms with E-state index in [0.717, 1.165) is 27.9 Å². The Morgan fingerprint density at radius 2 is 1.84 bits per heavy atom. The van der Waals surface area contributed by atoms with Crippen molar-refractivity contribution in [1.82, 2.24) is 19.1 Å². The van der Waals surface area contributed by atoms with Crippen molar-refractivity contribution >= 4 is 27.6 Å². The summed E-state index contributed by atoms with van der Waals surface area (Å²) < 4.78 is 37.0. The molecular weight excluding hydrogens is 514 g/mol. The molecule has 4 aromatic rings. The number of rotatable bonds is 6. The summed E-state index contributed by atoms with van der Waals surface area (Å²) in [5.74, 6) is 0.668. The highest BCUT2D eigenvalue weighted by Crippen LogP contribution is 2.32. The van der Waals surface area contributed by atoms with Crippen LogP contribution in [0.4, 0.5) is 5.82 Å². The number of benzene rings is 2. The second-order valence-corrected chi connectivity index (χ2v) is 10.7. The average molecular weight is 538 g/mol. The fraction of sp³-hybridized carbons (Fsp3) is 0.192. The van der Waals surface area contributed by atoms with E-state index < -0.39 is 10.2 Å². The summed E-state index contributed by atoms with van der Waals surface area (Å²) >= 11 is 6.21. The van der Waals surface area contributed by atoms with Crippen molar-refractivity contribution < 1.29 is 13.2 Å². The number of nitrogens with zero attached hydrogens (tertiary/aromatic N) is 4. The summed E-state index contributed by atoms with van der Waals surface area (Å²) in [4.78, 5) is 13.2. The minimum absolute atomic E-state index is 0.101. The van der Waals surface area contributed by atoms with Crippen LogP contribution in [0.2, 0.25) is 5.02 Å². The maximum atomic E-state index is 13.2. The van der Waals surface area contributed by atoms with E-state index >= 15 is 0 Å². The van der Waals surface area contributed by atoms with Crippen molar-refractivity contribution in [3.05, 3.63) is 99.1 Å². The Hall–Kier alpha value is -3.73. The van der Waals surface area contributed by atoms with Crippen LogP contribution in [0.15, 0.2) is 71.7 Å². The molecule has 2 aromatic carbocycles. The van der Waals surface area contributed by atoms with Gasteiger partial charge < -0.3 is 4.74 Å². The van der Waals surface area contributed by atoms with Gasteiger partial charge in [0.05, 0.1) is 12.8 Å². The van der Waals surface area contributed by atoms with Crippen molar-refractivity contribution in [3.8, 4) is 22.6 Å². The standard InChI is InChI=1S/C26H24ClN5O4S/c1-17-14-18(5-8-21(17)27)19-6-9-24(36-2)23(15-19)32-22-11-13-31(16-20(22)7-10-26(32)33)37(34,35)30-25-4-3-12-28-29-25/h3-10,12,14-15H,11,13,16H2,1-2H3,(H,29,30). The summed E-state index contributed by atoms with van der Waals surface area (Å²) in [5, 5.41) is 8.18. The second kappa shape index (κ2) is 9.97. The Labute approximate surface area is 219 Å². The van der Waals surface area contributed by atoms with E-state index in [1.807, 2.05) is 43.3 Å². The maximum absolute atomic E-state index is 13.2. The number of anilines is 1. The molecule has 0 atom stereocenters. The Morgan fingerprint density at radius 1 is 1.05 bits per heavy atom. The Bertz CT molecular complexity index is 1640. The number of aromatic nitrogens is 3. The number of halogens is 1. The molecule has 1 N–H and O–H groups in total. The molecule has 1 aliphatic heterocycles. The van der Waals surface area contributed by atoms with Gasteiger partial charge in [-0.3, -0.25) is 14.1 Å². The van der Waals surface area contributed by atoms with Gasteiger partial charge in [-0.15, -0.1) is 5.10 Å². The number of ether oxygens (including phenoxy) is 1. The van der Waals surface area contributed by atoms with Crippen LogP contribution < -0.4 is 15.0 Å². The van der Waals surface area contributed by atoms with Crippen LogP contribution in [0.3, 0.4) is 0 Å². The molecule has 0 spiro atoms. The molecule has 3 heterocycles. The fourth-order valence-electron chi connectivity index (χ4n) is 4.43. The lowest BCUT2D eigenvalue weighted by atomic mass is 10.0. The van der Waals surface area contributed by atoms with E-state index in [0.29, 0.717) is 22.9 Å². The molecule has 0 unspecified atom stereocenters. The molecule has 0 fully saturated rings. The summed E-state index contributed by atoms with van der Waals surface area (Å²) in [7, 11) is -2.32. The topological polar surface area (TPSA) is 106 Å². The molecule has 0 bridgehead atoms. The van der Waals surface area contributed by atoms with Gasteiger partial charge >= 0.3 is 10.2 Å². The van der Waals surface area contributed by atoms with Crippen LogP contribution in [0, 0.1) is 6.92 Å². The number of methoxy groups -OCH3 is 1. The first-order chi connectivity index (χ1) is 17.8. The summed E-state index contributed by atoms with van der Waals surface area (Å²) in [6.45, 7) is 2.22. The molecule has 11 heteroatoms. The van der Waals surface area contributed by atoms with Crippen molar-refractivity contribution in [2.75, 3.05) is 18.4 Å². The number of aryl methyl sites for hydroxylation is 1.